The molecule has 0 unspecified atom stereocenters. The Kier molecular flexibility index (Phi) is 5.68. The first-order valence-electron chi connectivity index (χ1n) is 8.56. The Morgan fingerprint density at radius 1 is 1.15 bits per heavy atom. The van der Waals surface area contributed by atoms with Crippen molar-refractivity contribution in [3.8, 4) is 5.75 Å². The van der Waals surface area contributed by atoms with E-state index in [1.54, 1.807) is 19.4 Å². The van der Waals surface area contributed by atoms with Crippen LogP contribution in [-0.2, 0) is 0 Å². The van der Waals surface area contributed by atoms with Gasteiger partial charge in [0, 0.05) is 38.4 Å². The maximum absolute atomic E-state index is 11.8. The van der Waals surface area contributed by atoms with E-state index in [2.05, 4.69) is 43.8 Å². The van der Waals surface area contributed by atoms with E-state index < -0.39 is 0 Å². The normalized spacial score (nSPS) is 14.0. The van der Waals surface area contributed by atoms with Crippen LogP contribution in [0.3, 0.4) is 0 Å². The van der Waals surface area contributed by atoms with E-state index in [9.17, 15) is 4.79 Å². The van der Waals surface area contributed by atoms with Crippen LogP contribution in [0, 0.1) is 0 Å². The number of anilines is 2. The molecule has 2 aromatic rings. The number of hydrogen-bond acceptors (Lipinski definition) is 6. The first-order valence-corrected chi connectivity index (χ1v) is 8.56. The van der Waals surface area contributed by atoms with Crippen molar-refractivity contribution in [3.63, 3.8) is 0 Å². The van der Waals surface area contributed by atoms with Gasteiger partial charge in [0.05, 0.1) is 19.5 Å². The lowest BCUT2D eigenvalue weighted by Gasteiger charge is -2.36. The zero-order valence-electron chi connectivity index (χ0n) is 14.9. The Balaban J connectivity index is 1.57. The van der Waals surface area contributed by atoms with E-state index in [0.717, 1.165) is 37.7 Å². The molecule has 0 spiro atoms. The number of rotatable bonds is 6. The number of aromatic nitrogens is 2. The van der Waals surface area contributed by atoms with E-state index in [0.29, 0.717) is 12.2 Å². The second-order valence-electron chi connectivity index (χ2n) is 5.93. The third-order valence-corrected chi connectivity index (χ3v) is 4.32. The molecular weight excluding hydrogens is 330 g/mol. The van der Waals surface area contributed by atoms with Crippen molar-refractivity contribution in [2.75, 3.05) is 49.6 Å². The number of carbonyl (C=O) groups is 1. The van der Waals surface area contributed by atoms with Gasteiger partial charge in [-0.25, -0.2) is 9.97 Å². The van der Waals surface area contributed by atoms with E-state index in [1.165, 1.54) is 11.9 Å². The molecule has 0 bridgehead atoms. The van der Waals surface area contributed by atoms with E-state index in [-0.39, 0.29) is 5.91 Å². The summed E-state index contributed by atoms with van der Waals surface area (Å²) in [5, 5.41) is 2.69. The number of amides is 1. The number of ether oxygens (including phenoxy) is 1. The Labute approximate surface area is 153 Å². The lowest BCUT2D eigenvalue weighted by atomic mass is 10.2. The summed E-state index contributed by atoms with van der Waals surface area (Å²) in [4.78, 5) is 25.0. The van der Waals surface area contributed by atoms with Crippen LogP contribution in [0.4, 0.5) is 11.5 Å². The van der Waals surface area contributed by atoms with Crippen LogP contribution in [0.1, 0.15) is 10.5 Å². The number of nitrogens with zero attached hydrogens (tertiary/aromatic N) is 4. The van der Waals surface area contributed by atoms with Gasteiger partial charge < -0.3 is 19.9 Å². The lowest BCUT2D eigenvalue weighted by molar-refractivity contribution is 0.0952. The van der Waals surface area contributed by atoms with Gasteiger partial charge in [0.2, 0.25) is 0 Å². The van der Waals surface area contributed by atoms with Gasteiger partial charge in [0.25, 0.3) is 5.91 Å². The van der Waals surface area contributed by atoms with Gasteiger partial charge >= 0.3 is 0 Å². The number of carbonyl (C=O) groups excluding carboxylic acids is 1. The van der Waals surface area contributed by atoms with Gasteiger partial charge in [-0.3, -0.25) is 4.79 Å². The lowest BCUT2D eigenvalue weighted by Crippen LogP contribution is -2.46. The highest BCUT2D eigenvalue weighted by molar-refractivity contribution is 5.92. The van der Waals surface area contributed by atoms with Gasteiger partial charge in [-0.15, -0.1) is 6.58 Å². The summed E-state index contributed by atoms with van der Waals surface area (Å²) in [6.07, 6.45) is 4.80. The molecule has 1 aliphatic rings. The van der Waals surface area contributed by atoms with Gasteiger partial charge in [-0.2, -0.15) is 0 Å². The highest BCUT2D eigenvalue weighted by Gasteiger charge is 2.19. The van der Waals surface area contributed by atoms with Crippen LogP contribution in [0.25, 0.3) is 0 Å². The summed E-state index contributed by atoms with van der Waals surface area (Å²) >= 11 is 0. The molecule has 0 saturated carbocycles. The average molecular weight is 353 g/mol. The molecule has 26 heavy (non-hydrogen) atoms. The van der Waals surface area contributed by atoms with Crippen LogP contribution >= 0.6 is 0 Å². The van der Waals surface area contributed by atoms with Crippen LogP contribution < -0.4 is 19.9 Å². The van der Waals surface area contributed by atoms with Crippen molar-refractivity contribution < 1.29 is 9.53 Å². The van der Waals surface area contributed by atoms with E-state index >= 15 is 0 Å². The van der Waals surface area contributed by atoms with Gasteiger partial charge in [-0.05, 0) is 24.3 Å². The van der Waals surface area contributed by atoms with Crippen molar-refractivity contribution in [3.05, 3.63) is 55.0 Å². The number of methoxy groups -OCH3 is 1. The zero-order valence-corrected chi connectivity index (χ0v) is 14.9. The first-order chi connectivity index (χ1) is 12.7. The molecule has 2 heterocycles. The zero-order chi connectivity index (χ0) is 18.4. The summed E-state index contributed by atoms with van der Waals surface area (Å²) in [5.41, 5.74) is 1.50. The van der Waals surface area contributed by atoms with Gasteiger partial charge in [0.15, 0.2) is 0 Å². The third-order valence-electron chi connectivity index (χ3n) is 4.32. The molecular formula is C19H23N5O2. The fraction of sp³-hybridized carbons (Fsp3) is 0.316. The van der Waals surface area contributed by atoms with Crippen LogP contribution in [0.2, 0.25) is 0 Å². The standard InChI is InChI=1S/C19H23N5O2/c1-3-8-20-19(25)17-13-22-18(14-21-17)24-11-9-23(10-12-24)15-4-6-16(26-2)7-5-15/h3-7,13-14H,1,8-12H2,2H3,(H,20,25). The van der Waals surface area contributed by atoms with Crippen molar-refractivity contribution in [1.82, 2.24) is 15.3 Å². The number of hydrogen-bond donors (Lipinski definition) is 1. The molecule has 1 N–H and O–H groups in total. The number of nitrogens with one attached hydrogen (secondary N) is 1. The highest BCUT2D eigenvalue weighted by Crippen LogP contribution is 2.21. The topological polar surface area (TPSA) is 70.6 Å². The SMILES string of the molecule is C=CCNC(=O)c1cnc(N2CCN(c3ccc(OC)cc3)CC2)cn1. The molecule has 0 aliphatic carbocycles. The minimum Gasteiger partial charge on any atom is -0.497 e. The summed E-state index contributed by atoms with van der Waals surface area (Å²) < 4.78 is 5.20. The summed E-state index contributed by atoms with van der Waals surface area (Å²) in [6, 6.07) is 8.10. The van der Waals surface area contributed by atoms with E-state index in [4.69, 9.17) is 4.74 Å². The van der Waals surface area contributed by atoms with Crippen molar-refractivity contribution >= 4 is 17.4 Å². The minimum atomic E-state index is -0.242. The Bertz CT molecular complexity index is 738. The van der Waals surface area contributed by atoms with Crippen molar-refractivity contribution in [2.24, 2.45) is 0 Å². The van der Waals surface area contributed by atoms with E-state index in [1.807, 2.05) is 12.1 Å². The number of benzene rings is 1. The Hall–Kier alpha value is -3.09. The molecule has 1 aliphatic heterocycles. The predicted octanol–water partition coefficient (Wildman–Crippen LogP) is 1.73. The maximum atomic E-state index is 11.8. The molecule has 0 atom stereocenters. The molecule has 136 valence electrons. The molecule has 0 radical (unpaired) electrons. The van der Waals surface area contributed by atoms with Gasteiger partial charge in [0.1, 0.15) is 17.3 Å². The second-order valence-corrected chi connectivity index (χ2v) is 5.93. The molecule has 1 saturated heterocycles. The maximum Gasteiger partial charge on any atom is 0.271 e. The average Bonchev–Trinajstić information content (AvgIpc) is 2.72. The molecule has 7 heteroatoms. The second kappa shape index (κ2) is 8.33. The summed E-state index contributed by atoms with van der Waals surface area (Å²) in [6.45, 7) is 7.48. The molecule has 7 nitrogen and oxygen atoms in total. The fourth-order valence-corrected chi connectivity index (χ4v) is 2.84. The van der Waals surface area contributed by atoms with Crippen molar-refractivity contribution in [2.45, 2.75) is 0 Å². The molecule has 1 amide bonds. The minimum absolute atomic E-state index is 0.242. The monoisotopic (exact) mass is 353 g/mol. The molecule has 3 rings (SSSR count). The molecule has 1 fully saturated rings. The van der Waals surface area contributed by atoms with Crippen LogP contribution in [0.15, 0.2) is 49.3 Å². The smallest absolute Gasteiger partial charge is 0.271 e. The summed E-state index contributed by atoms with van der Waals surface area (Å²) in [5.74, 6) is 1.41. The van der Waals surface area contributed by atoms with Gasteiger partial charge in [-0.1, -0.05) is 6.08 Å². The first kappa shape index (κ1) is 17.7. The quantitative estimate of drug-likeness (QED) is 0.798. The molecule has 1 aromatic heterocycles. The van der Waals surface area contributed by atoms with Crippen LogP contribution in [0.5, 0.6) is 5.75 Å². The highest BCUT2D eigenvalue weighted by atomic mass is 16.5. The third kappa shape index (κ3) is 4.11. The Morgan fingerprint density at radius 2 is 1.85 bits per heavy atom. The predicted molar refractivity (Wildman–Crippen MR) is 102 cm³/mol. The largest absolute Gasteiger partial charge is 0.497 e. The number of piperazine rings is 1. The molecule has 1 aromatic carbocycles. The summed E-state index contributed by atoms with van der Waals surface area (Å²) in [7, 11) is 1.67. The fourth-order valence-electron chi connectivity index (χ4n) is 2.84. The van der Waals surface area contributed by atoms with Crippen LogP contribution in [-0.4, -0.2) is 55.7 Å². The Morgan fingerprint density at radius 3 is 2.42 bits per heavy atom. The van der Waals surface area contributed by atoms with Crippen molar-refractivity contribution in [1.29, 1.82) is 0 Å².